The predicted molar refractivity (Wildman–Crippen MR) is 33.3 cm³/mol. The molecule has 0 amide bonds. The highest BCUT2D eigenvalue weighted by atomic mass is 32.3. The van der Waals surface area contributed by atoms with Gasteiger partial charge in [-0.3, -0.25) is 4.55 Å². The van der Waals surface area contributed by atoms with Gasteiger partial charge in [0, 0.05) is 0 Å². The van der Waals surface area contributed by atoms with Crippen LogP contribution >= 0.6 is 0 Å². The van der Waals surface area contributed by atoms with E-state index in [1.54, 1.807) is 0 Å². The van der Waals surface area contributed by atoms with E-state index in [0.717, 1.165) is 0 Å². The van der Waals surface area contributed by atoms with Gasteiger partial charge in [-0.25, -0.2) is 9.59 Å². The first-order valence-corrected chi connectivity index (χ1v) is 3.79. The zero-order valence-electron chi connectivity index (χ0n) is 5.50. The first-order valence-electron chi connectivity index (χ1n) is 2.43. The Balaban J connectivity index is 4.35. The fourth-order valence-electron chi connectivity index (χ4n) is 0.256. The number of carbonyl (C=O) groups excluding carboxylic acids is 1. The Kier molecular flexibility index (Phi) is 3.13. The first-order chi connectivity index (χ1) is 5.24. The van der Waals surface area contributed by atoms with E-state index in [4.69, 9.17) is 9.66 Å². The van der Waals surface area contributed by atoms with Crippen LogP contribution < -0.4 is 5.73 Å². The number of hydrogen-bond donors (Lipinski definition) is 3. The summed E-state index contributed by atoms with van der Waals surface area (Å²) in [5, 5.41) is 8.05. The summed E-state index contributed by atoms with van der Waals surface area (Å²) < 4.78 is 30.8. The third-order valence-electron chi connectivity index (χ3n) is 0.707. The largest absolute Gasteiger partial charge is 0.480 e. The topological polar surface area (TPSA) is 144 Å². The fourth-order valence-corrected chi connectivity index (χ4v) is 0.568. The average Bonchev–Trinajstić information content (AvgIpc) is 1.82. The van der Waals surface area contributed by atoms with Crippen molar-refractivity contribution >= 4 is 22.3 Å². The molecule has 0 aromatic rings. The van der Waals surface area contributed by atoms with Crippen LogP contribution in [-0.2, 0) is 24.2 Å². The summed E-state index contributed by atoms with van der Waals surface area (Å²) in [5.74, 6) is -3.52. The van der Waals surface area contributed by atoms with Crippen LogP contribution in [0.2, 0.25) is 0 Å². The minimum atomic E-state index is -4.99. The van der Waals surface area contributed by atoms with Crippen molar-refractivity contribution in [3.8, 4) is 0 Å². The van der Waals surface area contributed by atoms with E-state index in [-0.39, 0.29) is 0 Å². The number of carboxylic acid groups (broad SMARTS) is 1. The van der Waals surface area contributed by atoms with Crippen molar-refractivity contribution in [2.45, 2.75) is 6.04 Å². The van der Waals surface area contributed by atoms with E-state index >= 15 is 0 Å². The van der Waals surface area contributed by atoms with E-state index in [1.165, 1.54) is 0 Å². The minimum absolute atomic E-state index is 1.76. The summed E-state index contributed by atoms with van der Waals surface area (Å²) in [4.78, 5) is 20.3. The number of aliphatic carboxylic acids is 1. The minimum Gasteiger partial charge on any atom is -0.480 e. The third kappa shape index (κ3) is 3.85. The average molecular weight is 199 g/mol. The molecule has 0 aromatic heterocycles. The second-order valence-electron chi connectivity index (χ2n) is 1.65. The number of carbonyl (C=O) groups is 2. The molecule has 0 radical (unpaired) electrons. The van der Waals surface area contributed by atoms with Crippen molar-refractivity contribution in [2.75, 3.05) is 0 Å². The molecule has 0 spiro atoms. The lowest BCUT2D eigenvalue weighted by Gasteiger charge is -2.02. The van der Waals surface area contributed by atoms with Crippen LogP contribution in [0.5, 0.6) is 0 Å². The van der Waals surface area contributed by atoms with Crippen LogP contribution in [0.15, 0.2) is 0 Å². The van der Waals surface area contributed by atoms with Crippen molar-refractivity contribution in [3.63, 3.8) is 0 Å². The van der Waals surface area contributed by atoms with Crippen LogP contribution in [0, 0.1) is 0 Å². The van der Waals surface area contributed by atoms with Crippen LogP contribution in [0.4, 0.5) is 0 Å². The number of carboxylic acids is 1. The normalized spacial score (nSPS) is 13.5. The van der Waals surface area contributed by atoms with Gasteiger partial charge in [0.2, 0.25) is 6.04 Å². The standard InChI is InChI=1S/C3H5NO7S/c4-1(2(5)6)3(7)11-12(8,9)10/h1H,4H2,(H,5,6)(H,8,9,10)/t1-/m0/s1. The molecule has 0 aromatic carbocycles. The smallest absolute Gasteiger partial charge is 0.449 e. The van der Waals surface area contributed by atoms with Gasteiger partial charge in [0.1, 0.15) is 0 Å². The lowest BCUT2D eigenvalue weighted by Crippen LogP contribution is -2.40. The van der Waals surface area contributed by atoms with Crippen molar-refractivity contribution in [1.29, 1.82) is 0 Å². The van der Waals surface area contributed by atoms with Gasteiger partial charge in [-0.1, -0.05) is 0 Å². The molecule has 0 heterocycles. The lowest BCUT2D eigenvalue weighted by atomic mass is 10.3. The van der Waals surface area contributed by atoms with E-state index in [2.05, 4.69) is 9.92 Å². The van der Waals surface area contributed by atoms with Gasteiger partial charge in [-0.2, -0.15) is 8.42 Å². The molecule has 0 aliphatic heterocycles. The highest BCUT2D eigenvalue weighted by Gasteiger charge is 2.26. The monoisotopic (exact) mass is 199 g/mol. The van der Waals surface area contributed by atoms with Crippen LogP contribution in [0.3, 0.4) is 0 Å². The zero-order chi connectivity index (χ0) is 9.94. The summed E-state index contributed by atoms with van der Waals surface area (Å²) in [5.41, 5.74) is 4.62. The Bertz CT molecular complexity index is 292. The van der Waals surface area contributed by atoms with Crippen molar-refractivity contribution in [3.05, 3.63) is 0 Å². The van der Waals surface area contributed by atoms with Gasteiger partial charge >= 0.3 is 22.3 Å². The number of nitrogens with two attached hydrogens (primary N) is 1. The maximum atomic E-state index is 10.3. The molecule has 0 unspecified atom stereocenters. The van der Waals surface area contributed by atoms with Gasteiger partial charge in [0.25, 0.3) is 0 Å². The molecular weight excluding hydrogens is 194 g/mol. The summed E-state index contributed by atoms with van der Waals surface area (Å²) in [7, 11) is -4.99. The van der Waals surface area contributed by atoms with Crippen LogP contribution in [-0.4, -0.2) is 36.1 Å². The molecule has 1 atom stereocenters. The zero-order valence-corrected chi connectivity index (χ0v) is 6.32. The van der Waals surface area contributed by atoms with E-state index in [1.807, 2.05) is 0 Å². The van der Waals surface area contributed by atoms with E-state index < -0.39 is 28.4 Å². The van der Waals surface area contributed by atoms with Crippen LogP contribution in [0.25, 0.3) is 0 Å². The first kappa shape index (κ1) is 10.8. The molecule has 0 bridgehead atoms. The molecular formula is C3H5NO7S. The molecule has 0 saturated heterocycles. The Morgan fingerprint density at radius 3 is 2.08 bits per heavy atom. The molecule has 9 heteroatoms. The maximum Gasteiger partial charge on any atom is 0.449 e. The summed E-state index contributed by atoms with van der Waals surface area (Å²) >= 11 is 0. The molecule has 4 N–H and O–H groups in total. The Labute approximate surface area is 66.9 Å². The van der Waals surface area contributed by atoms with Crippen LogP contribution in [0.1, 0.15) is 0 Å². The van der Waals surface area contributed by atoms with Crippen molar-refractivity contribution in [1.82, 2.24) is 0 Å². The van der Waals surface area contributed by atoms with Gasteiger partial charge in [-0.15, -0.1) is 0 Å². The molecule has 0 rings (SSSR count). The Morgan fingerprint density at radius 2 is 1.83 bits per heavy atom. The quantitative estimate of drug-likeness (QED) is 0.341. The van der Waals surface area contributed by atoms with Crippen molar-refractivity contribution in [2.24, 2.45) is 5.73 Å². The fraction of sp³-hybridized carbons (Fsp3) is 0.333. The Morgan fingerprint density at radius 1 is 1.42 bits per heavy atom. The highest BCUT2D eigenvalue weighted by Crippen LogP contribution is 1.91. The van der Waals surface area contributed by atoms with E-state index in [9.17, 15) is 18.0 Å². The summed E-state index contributed by atoms with van der Waals surface area (Å²) in [6.07, 6.45) is 0. The SMILES string of the molecule is N[C@@H](C(=O)O)C(=O)OS(=O)(=O)O. The molecule has 12 heavy (non-hydrogen) atoms. The lowest BCUT2D eigenvalue weighted by molar-refractivity contribution is -0.148. The highest BCUT2D eigenvalue weighted by molar-refractivity contribution is 7.81. The molecule has 8 nitrogen and oxygen atoms in total. The maximum absolute atomic E-state index is 10.3. The summed E-state index contributed by atoms with van der Waals surface area (Å²) in [6.45, 7) is 0. The predicted octanol–water partition coefficient (Wildman–Crippen LogP) is -2.26. The number of hydrogen-bond acceptors (Lipinski definition) is 6. The van der Waals surface area contributed by atoms with Gasteiger partial charge < -0.3 is 15.0 Å². The van der Waals surface area contributed by atoms with E-state index in [0.29, 0.717) is 0 Å². The molecule has 0 saturated carbocycles. The second-order valence-corrected chi connectivity index (χ2v) is 2.67. The molecule has 0 fully saturated rings. The van der Waals surface area contributed by atoms with Gasteiger partial charge in [0.05, 0.1) is 0 Å². The Hall–Kier alpha value is -1.19. The second kappa shape index (κ2) is 3.47. The molecule has 0 aliphatic carbocycles. The van der Waals surface area contributed by atoms with Gasteiger partial charge in [0.15, 0.2) is 0 Å². The summed E-state index contributed by atoms with van der Waals surface area (Å²) in [6, 6.07) is -2.13. The number of rotatable bonds is 3. The third-order valence-corrected chi connectivity index (χ3v) is 1.08. The van der Waals surface area contributed by atoms with Crippen molar-refractivity contribution < 1.29 is 31.8 Å². The molecule has 70 valence electrons. The molecule has 0 aliphatic rings. The van der Waals surface area contributed by atoms with Gasteiger partial charge in [-0.05, 0) is 0 Å².